The Labute approximate surface area is 118 Å². The van der Waals surface area contributed by atoms with Gasteiger partial charge in [0.1, 0.15) is 0 Å². The van der Waals surface area contributed by atoms with E-state index >= 15 is 0 Å². The average molecular weight is 354 g/mol. The second kappa shape index (κ2) is 5.81. The molecule has 2 rings (SSSR count). The molecule has 0 unspecified atom stereocenters. The highest BCUT2D eigenvalue weighted by atomic mass is 127. The second-order valence-electron chi connectivity index (χ2n) is 3.79. The number of anilines is 1. The molecule has 2 aromatic rings. The largest absolute Gasteiger partial charge is 0.381 e. The Morgan fingerprint density at radius 3 is 2.56 bits per heavy atom. The summed E-state index contributed by atoms with van der Waals surface area (Å²) in [5.74, 6) is 0. The molecule has 2 aromatic carbocycles. The van der Waals surface area contributed by atoms with Crippen molar-refractivity contribution in [1.29, 1.82) is 0 Å². The first kappa shape index (κ1) is 12.8. The van der Waals surface area contributed by atoms with Gasteiger partial charge in [-0.3, -0.25) is 10.1 Å². The molecule has 0 spiro atoms. The number of hydrogen-bond donors (Lipinski definition) is 1. The highest BCUT2D eigenvalue weighted by molar-refractivity contribution is 14.1. The summed E-state index contributed by atoms with van der Waals surface area (Å²) in [4.78, 5) is 10.3. The van der Waals surface area contributed by atoms with Crippen LogP contribution in [0.4, 0.5) is 11.4 Å². The third-order valence-electron chi connectivity index (χ3n) is 2.46. The summed E-state index contributed by atoms with van der Waals surface area (Å²) in [5.41, 5.74) is 2.02. The molecule has 0 amide bonds. The summed E-state index contributed by atoms with van der Waals surface area (Å²) >= 11 is 2.25. The maximum atomic E-state index is 10.6. The molecule has 0 saturated heterocycles. The zero-order valence-corrected chi connectivity index (χ0v) is 11.6. The van der Waals surface area contributed by atoms with Crippen LogP contribution in [0.5, 0.6) is 0 Å². The van der Waals surface area contributed by atoms with Crippen molar-refractivity contribution in [1.82, 2.24) is 0 Å². The molecule has 18 heavy (non-hydrogen) atoms. The van der Waals surface area contributed by atoms with E-state index in [0.717, 1.165) is 11.3 Å². The van der Waals surface area contributed by atoms with Gasteiger partial charge >= 0.3 is 0 Å². The highest BCUT2D eigenvalue weighted by Gasteiger charge is 2.05. The van der Waals surface area contributed by atoms with E-state index < -0.39 is 0 Å². The Hall–Kier alpha value is -1.63. The van der Waals surface area contributed by atoms with Gasteiger partial charge in [0.25, 0.3) is 5.69 Å². The summed E-state index contributed by atoms with van der Waals surface area (Å²) in [5, 5.41) is 13.9. The molecule has 92 valence electrons. The number of nitrogens with one attached hydrogen (secondary N) is 1. The summed E-state index contributed by atoms with van der Waals surface area (Å²) in [7, 11) is 0. The monoisotopic (exact) mass is 354 g/mol. The van der Waals surface area contributed by atoms with Gasteiger partial charge in [-0.1, -0.05) is 12.1 Å². The highest BCUT2D eigenvalue weighted by Crippen LogP contribution is 2.16. The fourth-order valence-corrected chi connectivity index (χ4v) is 1.91. The molecule has 0 heterocycles. The molecule has 0 radical (unpaired) electrons. The maximum Gasteiger partial charge on any atom is 0.269 e. The van der Waals surface area contributed by atoms with Gasteiger partial charge in [-0.05, 0) is 52.4 Å². The Bertz CT molecular complexity index is 555. The van der Waals surface area contributed by atoms with Crippen molar-refractivity contribution in [3.63, 3.8) is 0 Å². The van der Waals surface area contributed by atoms with E-state index in [1.165, 1.54) is 9.64 Å². The molecule has 4 nitrogen and oxygen atoms in total. The summed E-state index contributed by atoms with van der Waals surface area (Å²) < 4.78 is 1.17. The van der Waals surface area contributed by atoms with E-state index in [9.17, 15) is 10.1 Å². The van der Waals surface area contributed by atoms with Gasteiger partial charge in [0.2, 0.25) is 0 Å². The van der Waals surface area contributed by atoms with Crippen LogP contribution in [0.1, 0.15) is 5.56 Å². The molecule has 0 saturated carbocycles. The first-order chi connectivity index (χ1) is 8.65. The number of benzene rings is 2. The lowest BCUT2D eigenvalue weighted by molar-refractivity contribution is -0.384. The second-order valence-corrected chi connectivity index (χ2v) is 5.03. The third kappa shape index (κ3) is 3.43. The topological polar surface area (TPSA) is 55.2 Å². The molecule has 0 bridgehead atoms. The standard InChI is InChI=1S/C13H11IN2O2/c14-11-4-6-12(7-5-11)15-9-10-2-1-3-13(8-10)16(17)18/h1-8,15H,9H2. The Balaban J connectivity index is 2.04. The molecule has 0 aromatic heterocycles. The van der Waals surface area contributed by atoms with Crippen LogP contribution in [-0.4, -0.2) is 4.92 Å². The lowest BCUT2D eigenvalue weighted by atomic mass is 10.2. The molecule has 0 aliphatic rings. The zero-order chi connectivity index (χ0) is 13.0. The number of nitrogens with zero attached hydrogens (tertiary/aromatic N) is 1. The van der Waals surface area contributed by atoms with Crippen molar-refractivity contribution in [2.24, 2.45) is 0 Å². The lowest BCUT2D eigenvalue weighted by Crippen LogP contribution is -2.00. The zero-order valence-electron chi connectivity index (χ0n) is 9.47. The van der Waals surface area contributed by atoms with Crippen molar-refractivity contribution in [2.75, 3.05) is 5.32 Å². The molecule has 0 aliphatic carbocycles. The van der Waals surface area contributed by atoms with E-state index in [1.54, 1.807) is 12.1 Å². The Morgan fingerprint density at radius 2 is 1.89 bits per heavy atom. The minimum Gasteiger partial charge on any atom is -0.381 e. The number of nitro benzene ring substituents is 1. The van der Waals surface area contributed by atoms with Crippen LogP contribution < -0.4 is 5.32 Å². The van der Waals surface area contributed by atoms with Crippen LogP contribution in [0.25, 0.3) is 0 Å². The van der Waals surface area contributed by atoms with E-state index in [1.807, 2.05) is 30.3 Å². The minimum atomic E-state index is -0.381. The summed E-state index contributed by atoms with van der Waals surface area (Å²) in [6, 6.07) is 14.6. The first-order valence-electron chi connectivity index (χ1n) is 5.38. The van der Waals surface area contributed by atoms with Crippen LogP contribution in [0.15, 0.2) is 48.5 Å². The molecule has 1 N–H and O–H groups in total. The number of nitro groups is 1. The van der Waals surface area contributed by atoms with Gasteiger partial charge in [-0.25, -0.2) is 0 Å². The van der Waals surface area contributed by atoms with Crippen molar-refractivity contribution < 1.29 is 4.92 Å². The Morgan fingerprint density at radius 1 is 1.17 bits per heavy atom. The van der Waals surface area contributed by atoms with Crippen LogP contribution in [-0.2, 0) is 6.54 Å². The van der Waals surface area contributed by atoms with Crippen LogP contribution >= 0.6 is 22.6 Å². The summed E-state index contributed by atoms with van der Waals surface area (Å²) in [6.07, 6.45) is 0. The number of halogens is 1. The number of non-ortho nitro benzene ring substituents is 1. The average Bonchev–Trinajstić information content (AvgIpc) is 2.38. The van der Waals surface area contributed by atoms with Gasteiger partial charge < -0.3 is 5.32 Å². The van der Waals surface area contributed by atoms with Crippen LogP contribution in [0.3, 0.4) is 0 Å². The minimum absolute atomic E-state index is 0.122. The van der Waals surface area contributed by atoms with E-state index in [2.05, 4.69) is 27.9 Å². The van der Waals surface area contributed by atoms with Gasteiger partial charge in [0.05, 0.1) is 4.92 Å². The fourth-order valence-electron chi connectivity index (χ4n) is 1.55. The summed E-state index contributed by atoms with van der Waals surface area (Å²) in [6.45, 7) is 0.572. The number of rotatable bonds is 4. The lowest BCUT2D eigenvalue weighted by Gasteiger charge is -2.06. The predicted molar refractivity (Wildman–Crippen MR) is 79.6 cm³/mol. The molecular weight excluding hydrogens is 343 g/mol. The normalized spacial score (nSPS) is 10.1. The van der Waals surface area contributed by atoms with Crippen LogP contribution in [0.2, 0.25) is 0 Å². The quantitative estimate of drug-likeness (QED) is 0.516. The van der Waals surface area contributed by atoms with Gasteiger partial charge in [0.15, 0.2) is 0 Å². The van der Waals surface area contributed by atoms with Crippen molar-refractivity contribution in [3.05, 3.63) is 67.8 Å². The van der Waals surface area contributed by atoms with Crippen molar-refractivity contribution in [2.45, 2.75) is 6.54 Å². The molecule has 0 atom stereocenters. The third-order valence-corrected chi connectivity index (χ3v) is 3.18. The van der Waals surface area contributed by atoms with Gasteiger partial charge in [-0.2, -0.15) is 0 Å². The fraction of sp³-hybridized carbons (Fsp3) is 0.0769. The van der Waals surface area contributed by atoms with E-state index in [4.69, 9.17) is 0 Å². The van der Waals surface area contributed by atoms with Gasteiger partial charge in [0, 0.05) is 27.9 Å². The molecule has 0 aliphatic heterocycles. The predicted octanol–water partition coefficient (Wildman–Crippen LogP) is 3.81. The smallest absolute Gasteiger partial charge is 0.269 e. The number of hydrogen-bond acceptors (Lipinski definition) is 3. The maximum absolute atomic E-state index is 10.6. The van der Waals surface area contributed by atoms with E-state index in [-0.39, 0.29) is 10.6 Å². The van der Waals surface area contributed by atoms with Crippen molar-refractivity contribution in [3.8, 4) is 0 Å². The first-order valence-corrected chi connectivity index (χ1v) is 6.46. The molecule has 0 fully saturated rings. The van der Waals surface area contributed by atoms with Crippen LogP contribution in [0, 0.1) is 13.7 Å². The Kier molecular flexibility index (Phi) is 4.14. The molecular formula is C13H11IN2O2. The van der Waals surface area contributed by atoms with Crippen molar-refractivity contribution >= 4 is 34.0 Å². The van der Waals surface area contributed by atoms with Gasteiger partial charge in [-0.15, -0.1) is 0 Å². The SMILES string of the molecule is O=[N+]([O-])c1cccc(CNc2ccc(I)cc2)c1. The van der Waals surface area contributed by atoms with E-state index in [0.29, 0.717) is 6.54 Å². The molecule has 5 heteroatoms.